The fourth-order valence-electron chi connectivity index (χ4n) is 2.28. The van der Waals surface area contributed by atoms with Crippen LogP contribution >= 0.6 is 0 Å². The fraction of sp³-hybridized carbons (Fsp3) is 0.600. The molecule has 1 aromatic carbocycles. The van der Waals surface area contributed by atoms with E-state index in [1.54, 1.807) is 13.8 Å². The maximum atomic E-state index is 13.5. The van der Waals surface area contributed by atoms with Crippen molar-refractivity contribution < 1.29 is 31.2 Å². The van der Waals surface area contributed by atoms with Crippen molar-refractivity contribution in [3.63, 3.8) is 0 Å². The van der Waals surface area contributed by atoms with Gasteiger partial charge in [-0.05, 0) is 44.7 Å². The van der Waals surface area contributed by atoms with Crippen molar-refractivity contribution >= 4 is 8.80 Å². The molecule has 0 fully saturated rings. The van der Waals surface area contributed by atoms with Crippen molar-refractivity contribution in [1.82, 2.24) is 0 Å². The highest BCUT2D eigenvalue weighted by molar-refractivity contribution is 6.59. The molecule has 0 saturated carbocycles. The van der Waals surface area contributed by atoms with Crippen LogP contribution in [0.2, 0.25) is 6.04 Å². The number of benzene rings is 1. The Balaban J connectivity index is 2.46. The molecule has 0 heterocycles. The van der Waals surface area contributed by atoms with Gasteiger partial charge in [-0.25, -0.2) is 17.6 Å². The third-order valence-corrected chi connectivity index (χ3v) is 5.82. The van der Waals surface area contributed by atoms with E-state index in [1.807, 2.05) is 0 Å². The quantitative estimate of drug-likeness (QED) is 0.227. The first-order valence-corrected chi connectivity index (χ1v) is 9.63. The van der Waals surface area contributed by atoms with Crippen LogP contribution < -0.4 is 0 Å². The zero-order chi connectivity index (χ0) is 17.5. The van der Waals surface area contributed by atoms with Crippen LogP contribution in [0.1, 0.15) is 38.7 Å². The van der Waals surface area contributed by atoms with E-state index in [9.17, 15) is 22.4 Å². The smallest absolute Gasteiger partial charge is 0.390 e. The van der Waals surface area contributed by atoms with Crippen LogP contribution in [-0.2, 0) is 15.3 Å². The van der Waals surface area contributed by atoms with Gasteiger partial charge >= 0.3 is 8.80 Å². The summed E-state index contributed by atoms with van der Waals surface area (Å²) in [5, 5.41) is 0. The van der Waals surface area contributed by atoms with Gasteiger partial charge in [0.2, 0.25) is 0 Å². The Morgan fingerprint density at radius 1 is 0.913 bits per heavy atom. The van der Waals surface area contributed by atoms with Crippen molar-refractivity contribution in [3.05, 3.63) is 34.9 Å². The van der Waals surface area contributed by atoms with E-state index in [1.165, 1.54) is 0 Å². The van der Waals surface area contributed by atoms with Crippen LogP contribution in [0.15, 0.2) is 6.07 Å². The number of hydrogen-bond acceptors (Lipinski definition) is 3. The van der Waals surface area contributed by atoms with Gasteiger partial charge in [-0.3, -0.25) is 0 Å². The summed E-state index contributed by atoms with van der Waals surface area (Å²) in [7, 11) is -3.16. The molecule has 0 bridgehead atoms. The van der Waals surface area contributed by atoms with Crippen molar-refractivity contribution in [1.29, 1.82) is 0 Å². The van der Waals surface area contributed by atoms with Crippen LogP contribution in [0.5, 0.6) is 0 Å². The molecule has 0 aliphatic carbocycles. The van der Waals surface area contributed by atoms with Gasteiger partial charge in [0.05, 0.1) is 0 Å². The van der Waals surface area contributed by atoms with Crippen LogP contribution in [0.4, 0.5) is 17.6 Å². The molecule has 1 aromatic rings. The van der Waals surface area contributed by atoms with Crippen molar-refractivity contribution in [2.45, 2.75) is 45.6 Å². The number of aryl methyl sites for hydroxylation is 1. The number of hydrogen-bond donors (Lipinski definition) is 1. The normalized spacial score (nSPS) is 12.0. The second-order valence-electron chi connectivity index (χ2n) is 5.10. The predicted molar refractivity (Wildman–Crippen MR) is 79.9 cm³/mol. The topological polar surface area (TPSA) is 38.7 Å². The van der Waals surface area contributed by atoms with Crippen LogP contribution in [0.3, 0.4) is 0 Å². The highest BCUT2D eigenvalue weighted by atomic mass is 28.4. The third kappa shape index (κ3) is 5.87. The Bertz CT molecular complexity index is 508. The first-order chi connectivity index (χ1) is 10.8. The van der Waals surface area contributed by atoms with E-state index in [0.717, 1.165) is 0 Å². The van der Waals surface area contributed by atoms with Gasteiger partial charge in [0, 0.05) is 19.3 Å². The minimum atomic E-state index is -3.16. The molecule has 0 amide bonds. The molecule has 8 heteroatoms. The summed E-state index contributed by atoms with van der Waals surface area (Å²) >= 11 is 0. The molecule has 1 rings (SSSR count). The molecule has 0 saturated heterocycles. The van der Waals surface area contributed by atoms with Gasteiger partial charge in [0.15, 0.2) is 23.3 Å². The third-order valence-electron chi connectivity index (χ3n) is 3.36. The summed E-state index contributed by atoms with van der Waals surface area (Å²) in [6.45, 7) is 4.22. The molecular formula is C15H22F4O3Si. The lowest BCUT2D eigenvalue weighted by Crippen LogP contribution is -2.42. The molecule has 0 spiro atoms. The fourth-order valence-corrected chi connectivity index (χ4v) is 4.25. The van der Waals surface area contributed by atoms with Gasteiger partial charge in [-0.15, -0.1) is 0 Å². The number of halogens is 4. The van der Waals surface area contributed by atoms with E-state index in [0.29, 0.717) is 44.6 Å². The summed E-state index contributed by atoms with van der Waals surface area (Å²) in [6.07, 6.45) is 1.71. The van der Waals surface area contributed by atoms with E-state index in [4.69, 9.17) is 8.85 Å². The van der Waals surface area contributed by atoms with E-state index in [2.05, 4.69) is 0 Å². The Hall–Kier alpha value is -0.963. The van der Waals surface area contributed by atoms with Gasteiger partial charge in [-0.2, -0.15) is 0 Å². The molecule has 3 nitrogen and oxygen atoms in total. The van der Waals surface area contributed by atoms with Crippen LogP contribution in [-0.4, -0.2) is 26.8 Å². The van der Waals surface area contributed by atoms with Crippen LogP contribution in [0, 0.1) is 23.3 Å². The van der Waals surface area contributed by atoms with Crippen molar-refractivity contribution in [2.75, 3.05) is 13.2 Å². The number of unbranched alkanes of at least 4 members (excludes halogenated alkanes) is 2. The Labute approximate surface area is 134 Å². The van der Waals surface area contributed by atoms with E-state index in [-0.39, 0.29) is 12.0 Å². The first-order valence-electron chi connectivity index (χ1n) is 7.66. The summed E-state index contributed by atoms with van der Waals surface area (Å²) in [5.74, 6) is -6.32. The largest absolute Gasteiger partial charge is 0.498 e. The second-order valence-corrected chi connectivity index (χ2v) is 7.60. The van der Waals surface area contributed by atoms with Gasteiger partial charge in [0.25, 0.3) is 0 Å². The van der Waals surface area contributed by atoms with Gasteiger partial charge < -0.3 is 13.6 Å². The second kappa shape index (κ2) is 9.36. The van der Waals surface area contributed by atoms with Crippen LogP contribution in [0.25, 0.3) is 0 Å². The Kier molecular flexibility index (Phi) is 8.17. The maximum Gasteiger partial charge on any atom is 0.498 e. The molecule has 0 radical (unpaired) electrons. The van der Waals surface area contributed by atoms with Crippen molar-refractivity contribution in [2.24, 2.45) is 0 Å². The number of rotatable bonds is 10. The minimum Gasteiger partial charge on any atom is -0.390 e. The van der Waals surface area contributed by atoms with Gasteiger partial charge in [0.1, 0.15) is 0 Å². The average Bonchev–Trinajstić information content (AvgIpc) is 2.50. The zero-order valence-corrected chi connectivity index (χ0v) is 14.3. The summed E-state index contributed by atoms with van der Waals surface area (Å²) in [4.78, 5) is 10.2. The van der Waals surface area contributed by atoms with Crippen molar-refractivity contribution in [3.8, 4) is 0 Å². The highest BCUT2D eigenvalue weighted by Crippen LogP contribution is 2.21. The molecule has 23 heavy (non-hydrogen) atoms. The summed E-state index contributed by atoms with van der Waals surface area (Å²) in [6, 6.07) is 1.04. The summed E-state index contributed by atoms with van der Waals surface area (Å²) < 4.78 is 63.1. The SMILES string of the molecule is CCO[Si](O)(CCCCCc1cc(F)c(F)c(F)c1F)OCC. The minimum absolute atomic E-state index is 0.0865. The lowest BCUT2D eigenvalue weighted by atomic mass is 10.1. The molecule has 0 unspecified atom stereocenters. The molecule has 1 N–H and O–H groups in total. The molecule has 0 aromatic heterocycles. The van der Waals surface area contributed by atoms with E-state index >= 15 is 0 Å². The predicted octanol–water partition coefficient (Wildman–Crippen LogP) is 3.96. The lowest BCUT2D eigenvalue weighted by molar-refractivity contribution is 0.107. The molecule has 0 atom stereocenters. The van der Waals surface area contributed by atoms with Gasteiger partial charge in [-0.1, -0.05) is 6.42 Å². The standard InChI is InChI=1S/C15H22F4O3Si/c1-3-21-23(20,22-4-2)9-7-5-6-8-11-10-12(16)14(18)15(19)13(11)17/h10,20H,3-9H2,1-2H3. The zero-order valence-electron chi connectivity index (χ0n) is 13.3. The Morgan fingerprint density at radius 2 is 1.52 bits per heavy atom. The molecule has 132 valence electrons. The monoisotopic (exact) mass is 354 g/mol. The molecule has 0 aliphatic heterocycles. The molecular weight excluding hydrogens is 332 g/mol. The lowest BCUT2D eigenvalue weighted by Gasteiger charge is -2.22. The van der Waals surface area contributed by atoms with E-state index < -0.39 is 32.1 Å². The Morgan fingerprint density at radius 3 is 2.09 bits per heavy atom. The summed E-state index contributed by atoms with van der Waals surface area (Å²) in [5.41, 5.74) is -0.191. The average molecular weight is 354 g/mol. The first kappa shape index (κ1) is 20.1. The molecule has 0 aliphatic rings. The maximum absolute atomic E-state index is 13.5. The highest BCUT2D eigenvalue weighted by Gasteiger charge is 2.35.